The molecule has 0 N–H and O–H groups in total. The van der Waals surface area contributed by atoms with Crippen LogP contribution in [0.5, 0.6) is 0 Å². The Labute approximate surface area is 422 Å². The van der Waals surface area contributed by atoms with Crippen LogP contribution in [0.2, 0.25) is 0 Å². The Kier molecular flexibility index (Phi) is 24.6. The Morgan fingerprint density at radius 1 is 0.269 bits per heavy atom. The molecule has 6 heteroatoms. The van der Waals surface area contributed by atoms with Gasteiger partial charge in [-0.15, -0.1) is 0 Å². The van der Waals surface area contributed by atoms with Crippen LogP contribution in [0.15, 0.2) is 273 Å². The summed E-state index contributed by atoms with van der Waals surface area (Å²) in [4.78, 5) is 0. The second-order valence-corrected chi connectivity index (χ2v) is 22.6. The Hall–Kier alpha value is -5.02. The minimum Gasteiger partial charge on any atom is -0.789 e. The predicted molar refractivity (Wildman–Crippen MR) is 294 cm³/mol. The molecule has 67 heavy (non-hydrogen) atoms. The summed E-state index contributed by atoms with van der Waals surface area (Å²) in [6.45, 7) is 4.50. The zero-order valence-corrected chi connectivity index (χ0v) is 42.7. The summed E-state index contributed by atoms with van der Waals surface area (Å²) in [5.74, 6) is 0. The Bertz CT molecular complexity index is 2060. The quantitative estimate of drug-likeness (QED) is 0.0464. The van der Waals surface area contributed by atoms with E-state index in [0.29, 0.717) is 5.25 Å². The van der Waals surface area contributed by atoms with Gasteiger partial charge >= 0.3 is 11.3 Å². The molecule has 337 valence electrons. The van der Waals surface area contributed by atoms with Crippen LogP contribution in [0.3, 0.4) is 0 Å². The van der Waals surface area contributed by atoms with Gasteiger partial charge in [0.25, 0.3) is 0 Å². The second kappa shape index (κ2) is 31.1. The summed E-state index contributed by atoms with van der Waals surface area (Å²) in [5.41, 5.74) is 0. The first-order chi connectivity index (χ1) is 32.7. The molecule has 0 aliphatic heterocycles. The first-order valence-electron chi connectivity index (χ1n) is 22.5. The van der Waals surface area contributed by atoms with E-state index in [0.717, 1.165) is 0 Å². The van der Waals surface area contributed by atoms with E-state index in [1.807, 2.05) is 0 Å². The van der Waals surface area contributed by atoms with E-state index in [1.54, 1.807) is 0 Å². The molecule has 0 spiro atoms. The maximum absolute atomic E-state index is 7.50. The van der Waals surface area contributed by atoms with Crippen molar-refractivity contribution in [1.29, 1.82) is 0 Å². The molecule has 0 heterocycles. The van der Waals surface area contributed by atoms with Gasteiger partial charge in [-0.25, -0.2) is 0 Å². The van der Waals surface area contributed by atoms with Crippen LogP contribution in [-0.2, 0) is 36.8 Å². The van der Waals surface area contributed by atoms with Crippen molar-refractivity contribution in [2.24, 2.45) is 0 Å². The third kappa shape index (κ3) is 17.2. The average molecular weight is 1030 g/mol. The van der Waals surface area contributed by atoms with Gasteiger partial charge < -0.3 is 12.6 Å². The molecule has 0 unspecified atom stereocenters. The normalized spacial score (nSPS) is 11.7. The van der Waals surface area contributed by atoms with E-state index < -0.39 is 23.8 Å². The van der Waals surface area contributed by atoms with Crippen molar-refractivity contribution in [3.05, 3.63) is 280 Å². The van der Waals surface area contributed by atoms with Crippen LogP contribution in [-0.4, -0.2) is 5.25 Å². The molecule has 1 aliphatic carbocycles. The molecule has 9 aromatic carbocycles. The van der Waals surface area contributed by atoms with Crippen LogP contribution in [0.25, 0.3) is 0 Å². The van der Waals surface area contributed by atoms with Crippen molar-refractivity contribution in [2.45, 2.75) is 37.4 Å². The van der Waals surface area contributed by atoms with E-state index in [9.17, 15) is 0 Å². The fraction of sp³-hybridized carbons (Fsp3) is 0.0984. The maximum Gasteiger partial charge on any atom is 0 e. The molecule has 0 amide bonds. The standard InChI is InChI=1S/3C18H15P.C6H12S.CO.Rh/c3*1-4-10-16(11-5-1)19(17-12-6-2-7-13-17)18-14-8-3-9-15-18;7-6-4-2-1-3-5-6;1-2;/h3*1-15H;6-7H,1-5H2;;/p-1. The van der Waals surface area contributed by atoms with Gasteiger partial charge in [-0.2, -0.15) is 5.25 Å². The molecule has 10 rings (SSSR count). The molecular formula is C61H56OP3RhS-. The molecule has 9 aromatic rings. The fourth-order valence-corrected chi connectivity index (χ4v) is 14.8. The van der Waals surface area contributed by atoms with Gasteiger partial charge in [0.15, 0.2) is 0 Å². The van der Waals surface area contributed by atoms with Crippen LogP contribution in [0.4, 0.5) is 0 Å². The van der Waals surface area contributed by atoms with Gasteiger partial charge in [-0.3, -0.25) is 0 Å². The summed E-state index contributed by atoms with van der Waals surface area (Å²) in [5, 5.41) is 13.2. The molecule has 1 aliphatic rings. The van der Waals surface area contributed by atoms with Gasteiger partial charge in [0, 0.05) is 19.5 Å². The van der Waals surface area contributed by atoms with E-state index in [2.05, 4.69) is 280 Å². The van der Waals surface area contributed by atoms with Crippen LogP contribution in [0.1, 0.15) is 32.1 Å². The zero-order chi connectivity index (χ0) is 45.9. The van der Waals surface area contributed by atoms with Gasteiger partial charge in [-0.05, 0) is 71.5 Å². The summed E-state index contributed by atoms with van der Waals surface area (Å²) in [7, 11) is -1.34. The third-order valence-electron chi connectivity index (χ3n) is 10.7. The first-order valence-corrected chi connectivity index (χ1v) is 27.0. The van der Waals surface area contributed by atoms with Crippen molar-refractivity contribution in [3.8, 4) is 0 Å². The molecule has 0 saturated heterocycles. The topological polar surface area (TPSA) is 19.9 Å². The molecule has 0 atom stereocenters. The molecule has 1 radical (unpaired) electrons. The van der Waals surface area contributed by atoms with Crippen molar-refractivity contribution in [1.82, 2.24) is 0 Å². The van der Waals surface area contributed by atoms with Gasteiger partial charge in [0.2, 0.25) is 0 Å². The Morgan fingerprint density at radius 3 is 0.507 bits per heavy atom. The predicted octanol–water partition coefficient (Wildman–Crippen LogP) is 12.2. The van der Waals surface area contributed by atoms with Gasteiger partial charge in [0.05, 0.1) is 0 Å². The Morgan fingerprint density at radius 2 is 0.403 bits per heavy atom. The molecule has 1 fully saturated rings. The van der Waals surface area contributed by atoms with E-state index in [1.165, 1.54) is 79.8 Å². The van der Waals surface area contributed by atoms with Crippen molar-refractivity contribution in [2.75, 3.05) is 0 Å². The van der Waals surface area contributed by atoms with Crippen molar-refractivity contribution < 1.29 is 24.1 Å². The Balaban J connectivity index is 0.000000171. The van der Waals surface area contributed by atoms with E-state index in [-0.39, 0.29) is 19.5 Å². The smallest absolute Gasteiger partial charge is 0 e. The van der Waals surface area contributed by atoms with E-state index >= 15 is 0 Å². The SMILES string of the molecule is [C-]#[O+].[Rh].[S-]C1CCCCC1.c1ccc(P(c2ccccc2)c2ccccc2)cc1.c1ccc(P(c2ccccc2)c2ccccc2)cc1.c1ccc(P(c2ccccc2)c2ccccc2)cc1. The summed E-state index contributed by atoms with van der Waals surface area (Å²) < 4.78 is 7.50. The summed E-state index contributed by atoms with van der Waals surface area (Å²) in [6, 6.07) is 97.0. The molecule has 0 bridgehead atoms. The van der Waals surface area contributed by atoms with Crippen LogP contribution < -0.4 is 47.7 Å². The van der Waals surface area contributed by atoms with Gasteiger partial charge in [-0.1, -0.05) is 305 Å². The first kappa shape index (κ1) is 52.9. The van der Waals surface area contributed by atoms with Crippen molar-refractivity contribution in [3.63, 3.8) is 0 Å². The molecule has 1 saturated carbocycles. The monoisotopic (exact) mass is 1030 g/mol. The fourth-order valence-electron chi connectivity index (χ4n) is 7.60. The maximum atomic E-state index is 7.50. The minimum atomic E-state index is -0.446. The summed E-state index contributed by atoms with van der Waals surface area (Å²) >= 11 is 5.09. The van der Waals surface area contributed by atoms with Crippen LogP contribution in [0, 0.1) is 6.65 Å². The van der Waals surface area contributed by atoms with Crippen molar-refractivity contribution >= 4 is 84.1 Å². The number of hydrogen-bond donors (Lipinski definition) is 0. The number of rotatable bonds is 9. The summed E-state index contributed by atoms with van der Waals surface area (Å²) in [6.07, 6.45) is 6.79. The van der Waals surface area contributed by atoms with E-state index in [4.69, 9.17) is 17.3 Å². The molecule has 0 aromatic heterocycles. The van der Waals surface area contributed by atoms with Gasteiger partial charge in [0.1, 0.15) is 0 Å². The number of benzene rings is 9. The second-order valence-electron chi connectivity index (χ2n) is 15.3. The third-order valence-corrected chi connectivity index (χ3v) is 18.5. The van der Waals surface area contributed by atoms with Crippen LogP contribution >= 0.6 is 23.8 Å². The minimum absolute atomic E-state index is 0. The zero-order valence-electron chi connectivity index (χ0n) is 37.6. The number of hydrogen-bond acceptors (Lipinski definition) is 1. The molecule has 1 nitrogen and oxygen atoms in total. The average Bonchev–Trinajstić information content (AvgIpc) is 3.41. The molecular weight excluding hydrogens is 977 g/mol. The largest absolute Gasteiger partial charge is 0.789 e.